The highest BCUT2D eigenvalue weighted by Gasteiger charge is 2.47. The third-order valence-corrected chi connectivity index (χ3v) is 7.25. The molecule has 2 aliphatic rings. The summed E-state index contributed by atoms with van der Waals surface area (Å²) in [6.07, 6.45) is 5.81. The van der Waals surface area contributed by atoms with E-state index in [4.69, 9.17) is 4.74 Å². The van der Waals surface area contributed by atoms with E-state index in [9.17, 15) is 4.79 Å². The topological polar surface area (TPSA) is 41.6 Å². The van der Waals surface area contributed by atoms with Gasteiger partial charge in [0, 0.05) is 11.6 Å². The van der Waals surface area contributed by atoms with Crippen LogP contribution in [0.4, 0.5) is 0 Å². The van der Waals surface area contributed by atoms with Crippen LogP contribution >= 0.6 is 0 Å². The van der Waals surface area contributed by atoms with Gasteiger partial charge in [-0.2, -0.15) is 0 Å². The van der Waals surface area contributed by atoms with Crippen molar-refractivity contribution in [2.75, 3.05) is 20.2 Å². The Morgan fingerprint density at radius 3 is 2.73 bits per heavy atom. The molecule has 1 aliphatic carbocycles. The molecule has 2 fully saturated rings. The Morgan fingerprint density at radius 2 is 2.03 bits per heavy atom. The molecule has 33 heavy (non-hydrogen) atoms. The molecule has 1 unspecified atom stereocenters. The molecule has 4 nitrogen and oxygen atoms in total. The molecule has 0 bridgehead atoms. The third-order valence-electron chi connectivity index (χ3n) is 7.25. The van der Waals surface area contributed by atoms with Crippen molar-refractivity contribution in [1.82, 2.24) is 10.2 Å². The van der Waals surface area contributed by atoms with Crippen LogP contribution in [0.2, 0.25) is 0 Å². The number of hydrogen-bond acceptors (Lipinski definition) is 3. The molecular formula is C29H32N2O2. The molecule has 1 atom stereocenters. The quantitative estimate of drug-likeness (QED) is 0.478. The smallest absolute Gasteiger partial charge is 0.252 e. The van der Waals surface area contributed by atoms with E-state index in [1.807, 2.05) is 31.2 Å². The van der Waals surface area contributed by atoms with Gasteiger partial charge >= 0.3 is 0 Å². The number of aryl methyl sites for hydroxylation is 1. The lowest BCUT2D eigenvalue weighted by molar-refractivity contribution is 0.0767. The zero-order chi connectivity index (χ0) is 23.0. The van der Waals surface area contributed by atoms with Crippen LogP contribution in [-0.2, 0) is 12.0 Å². The van der Waals surface area contributed by atoms with Gasteiger partial charge in [-0.3, -0.25) is 9.69 Å². The van der Waals surface area contributed by atoms with Crippen LogP contribution in [0, 0.1) is 6.92 Å². The molecule has 0 spiro atoms. The van der Waals surface area contributed by atoms with Gasteiger partial charge in [0.1, 0.15) is 12.4 Å². The van der Waals surface area contributed by atoms with E-state index in [1.54, 1.807) is 0 Å². The fourth-order valence-electron chi connectivity index (χ4n) is 4.83. The average molecular weight is 441 g/mol. The summed E-state index contributed by atoms with van der Waals surface area (Å²) in [4.78, 5) is 15.8. The van der Waals surface area contributed by atoms with Crippen molar-refractivity contribution in [1.29, 1.82) is 0 Å². The first-order valence-corrected chi connectivity index (χ1v) is 11.9. The summed E-state index contributed by atoms with van der Waals surface area (Å²) in [7, 11) is 2.12. The Hall–Kier alpha value is -3.11. The number of rotatable bonds is 8. The SMILES string of the molecule is C=CCc1cc(C2(NC(=O)c3cc(OCC4CCN4C)ccc3C)CC2)c2ccccc2c1. The van der Waals surface area contributed by atoms with Gasteiger partial charge in [0.05, 0.1) is 5.54 Å². The van der Waals surface area contributed by atoms with Gasteiger partial charge in [-0.1, -0.05) is 48.5 Å². The van der Waals surface area contributed by atoms with Gasteiger partial charge < -0.3 is 10.1 Å². The molecule has 0 aromatic heterocycles. The van der Waals surface area contributed by atoms with E-state index < -0.39 is 0 Å². The van der Waals surface area contributed by atoms with E-state index in [0.717, 1.165) is 43.5 Å². The molecule has 3 aromatic rings. The fourth-order valence-corrected chi connectivity index (χ4v) is 4.83. The van der Waals surface area contributed by atoms with Crippen LogP contribution in [0.15, 0.2) is 67.3 Å². The van der Waals surface area contributed by atoms with Crippen molar-refractivity contribution in [3.63, 3.8) is 0 Å². The van der Waals surface area contributed by atoms with Crippen molar-refractivity contribution in [2.45, 2.75) is 44.2 Å². The number of allylic oxidation sites excluding steroid dienone is 1. The van der Waals surface area contributed by atoms with Crippen LogP contribution in [-0.4, -0.2) is 37.0 Å². The number of fused-ring (bicyclic) bond motifs is 1. The number of likely N-dealkylation sites (tertiary alicyclic amines) is 1. The van der Waals surface area contributed by atoms with Gasteiger partial charge in [0.15, 0.2) is 0 Å². The second kappa shape index (κ2) is 8.68. The molecule has 1 saturated carbocycles. The average Bonchev–Trinajstić information content (AvgIpc) is 3.59. The maximum atomic E-state index is 13.5. The lowest BCUT2D eigenvalue weighted by Gasteiger charge is -2.37. The second-order valence-electron chi connectivity index (χ2n) is 9.60. The van der Waals surface area contributed by atoms with Crippen LogP contribution in [0.1, 0.15) is 46.3 Å². The fraction of sp³-hybridized carbons (Fsp3) is 0.345. The van der Waals surface area contributed by atoms with E-state index in [1.165, 1.54) is 21.9 Å². The summed E-state index contributed by atoms with van der Waals surface area (Å²) in [5, 5.41) is 5.81. The van der Waals surface area contributed by atoms with Gasteiger partial charge in [-0.05, 0) is 85.8 Å². The number of carbonyl (C=O) groups is 1. The first kappa shape index (κ1) is 21.7. The Morgan fingerprint density at radius 1 is 1.21 bits per heavy atom. The lowest BCUT2D eigenvalue weighted by atomic mass is 9.93. The first-order valence-electron chi connectivity index (χ1n) is 11.9. The Balaban J connectivity index is 1.40. The standard InChI is InChI=1S/C29H32N2O2/c1-4-7-21-16-22-8-5-6-9-25(22)27(17-21)29(13-14-29)30-28(32)26-18-24(11-10-20(26)2)33-19-23-12-15-31(23)3/h4-6,8-11,16-18,23H,1,7,12-15,19H2,2-3H3,(H,30,32). The molecule has 1 amide bonds. The summed E-state index contributed by atoms with van der Waals surface area (Å²) in [6, 6.07) is 19.2. The number of ether oxygens (including phenoxy) is 1. The Kier molecular flexibility index (Phi) is 5.71. The Bertz CT molecular complexity index is 1210. The minimum absolute atomic E-state index is 0.0329. The van der Waals surface area contributed by atoms with Gasteiger partial charge in [0.2, 0.25) is 0 Å². The normalized spacial score (nSPS) is 19.0. The number of hydrogen-bond donors (Lipinski definition) is 1. The lowest BCUT2D eigenvalue weighted by Crippen LogP contribution is -2.48. The van der Waals surface area contributed by atoms with E-state index in [2.05, 4.69) is 60.2 Å². The minimum Gasteiger partial charge on any atom is -0.492 e. The van der Waals surface area contributed by atoms with Crippen molar-refractivity contribution in [2.24, 2.45) is 0 Å². The van der Waals surface area contributed by atoms with Crippen molar-refractivity contribution in [3.05, 3.63) is 89.5 Å². The molecule has 170 valence electrons. The van der Waals surface area contributed by atoms with Gasteiger partial charge in [0.25, 0.3) is 5.91 Å². The van der Waals surface area contributed by atoms with Gasteiger partial charge in [-0.15, -0.1) is 6.58 Å². The summed E-state index contributed by atoms with van der Waals surface area (Å²) in [5.74, 6) is 0.726. The largest absolute Gasteiger partial charge is 0.492 e. The first-order chi connectivity index (χ1) is 16.0. The molecule has 1 saturated heterocycles. The third kappa shape index (κ3) is 4.28. The molecule has 0 radical (unpaired) electrons. The minimum atomic E-state index is -0.314. The monoisotopic (exact) mass is 440 g/mol. The van der Waals surface area contributed by atoms with Gasteiger partial charge in [-0.25, -0.2) is 0 Å². The molecule has 1 N–H and O–H groups in total. The predicted octanol–water partition coefficient (Wildman–Crippen LogP) is 5.38. The van der Waals surface area contributed by atoms with Crippen LogP contribution in [0.3, 0.4) is 0 Å². The van der Waals surface area contributed by atoms with E-state index in [0.29, 0.717) is 18.2 Å². The number of benzene rings is 3. The summed E-state index contributed by atoms with van der Waals surface area (Å²) >= 11 is 0. The maximum Gasteiger partial charge on any atom is 0.252 e. The van der Waals surface area contributed by atoms with Crippen molar-refractivity contribution >= 4 is 16.7 Å². The Labute approximate surface area is 196 Å². The van der Waals surface area contributed by atoms with Crippen LogP contribution in [0.25, 0.3) is 10.8 Å². The predicted molar refractivity (Wildman–Crippen MR) is 134 cm³/mol. The molecule has 1 aliphatic heterocycles. The maximum absolute atomic E-state index is 13.5. The van der Waals surface area contributed by atoms with E-state index in [-0.39, 0.29) is 11.4 Å². The highest BCUT2D eigenvalue weighted by atomic mass is 16.5. The zero-order valence-electron chi connectivity index (χ0n) is 19.6. The van der Waals surface area contributed by atoms with E-state index >= 15 is 0 Å². The summed E-state index contributed by atoms with van der Waals surface area (Å²) < 4.78 is 6.03. The molecule has 5 rings (SSSR count). The van der Waals surface area contributed by atoms with Crippen LogP contribution in [0.5, 0.6) is 5.75 Å². The molecular weight excluding hydrogens is 408 g/mol. The molecule has 3 aromatic carbocycles. The van der Waals surface area contributed by atoms with Crippen molar-refractivity contribution in [3.8, 4) is 5.75 Å². The summed E-state index contributed by atoms with van der Waals surface area (Å²) in [5.41, 5.74) is 3.77. The number of carbonyl (C=O) groups excluding carboxylic acids is 1. The van der Waals surface area contributed by atoms with Crippen LogP contribution < -0.4 is 10.1 Å². The highest BCUT2D eigenvalue weighted by molar-refractivity contribution is 5.97. The summed E-state index contributed by atoms with van der Waals surface area (Å²) in [6.45, 7) is 7.67. The second-order valence-corrected chi connectivity index (χ2v) is 9.60. The zero-order valence-corrected chi connectivity index (χ0v) is 19.6. The molecule has 4 heteroatoms. The van der Waals surface area contributed by atoms with Crippen molar-refractivity contribution < 1.29 is 9.53 Å². The highest BCUT2D eigenvalue weighted by Crippen LogP contribution is 2.48. The number of nitrogens with zero attached hydrogens (tertiary/aromatic N) is 1. The number of likely N-dealkylation sites (N-methyl/N-ethyl adjacent to an activating group) is 1. The number of amides is 1. The molecule has 1 heterocycles. The number of nitrogens with one attached hydrogen (secondary N) is 1.